The highest BCUT2D eigenvalue weighted by Gasteiger charge is 2.23. The van der Waals surface area contributed by atoms with E-state index in [1.54, 1.807) is 4.90 Å². The zero-order chi connectivity index (χ0) is 11.5. The van der Waals surface area contributed by atoms with Gasteiger partial charge >= 0.3 is 0 Å². The number of carbonyl (C=O) groups excluding carboxylic acids is 1. The van der Waals surface area contributed by atoms with E-state index in [0.29, 0.717) is 0 Å². The minimum atomic E-state index is 0.158. The molecule has 3 nitrogen and oxygen atoms in total. The number of amides is 1. The number of carbonyl (C=O) groups is 1. The molecule has 0 saturated carbocycles. The summed E-state index contributed by atoms with van der Waals surface area (Å²) in [4.78, 5) is 13.6. The Bertz CT molecular complexity index is 401. The van der Waals surface area contributed by atoms with Crippen LogP contribution in [0.25, 0.3) is 0 Å². The lowest BCUT2D eigenvalue weighted by molar-refractivity contribution is 0.0816. The molecular weight excluding hydrogens is 200 g/mol. The van der Waals surface area contributed by atoms with E-state index in [2.05, 4.69) is 23.5 Å². The van der Waals surface area contributed by atoms with Crippen LogP contribution in [0.1, 0.15) is 27.9 Å². The number of hydrogen-bond donors (Lipinski definition) is 1. The van der Waals surface area contributed by atoms with Crippen molar-refractivity contribution in [2.24, 2.45) is 0 Å². The van der Waals surface area contributed by atoms with Crippen LogP contribution in [-0.4, -0.2) is 31.4 Å². The molecule has 1 aliphatic rings. The number of aryl methyl sites for hydroxylation is 1. The van der Waals surface area contributed by atoms with E-state index in [9.17, 15) is 4.79 Å². The zero-order valence-electron chi connectivity index (χ0n) is 9.92. The molecule has 3 heteroatoms. The Balaban J connectivity index is 2.11. The highest BCUT2D eigenvalue weighted by molar-refractivity contribution is 5.98. The second-order valence-corrected chi connectivity index (χ2v) is 4.36. The Morgan fingerprint density at radius 2 is 2.25 bits per heavy atom. The monoisotopic (exact) mass is 218 g/mol. The van der Waals surface area contributed by atoms with E-state index in [-0.39, 0.29) is 5.91 Å². The van der Waals surface area contributed by atoms with Gasteiger partial charge in [-0.2, -0.15) is 0 Å². The van der Waals surface area contributed by atoms with Gasteiger partial charge in [-0.1, -0.05) is 12.1 Å². The molecule has 0 atom stereocenters. The number of hydrogen-bond acceptors (Lipinski definition) is 2. The van der Waals surface area contributed by atoms with Crippen LogP contribution in [0, 0.1) is 0 Å². The van der Waals surface area contributed by atoms with Crippen molar-refractivity contribution in [1.29, 1.82) is 0 Å². The van der Waals surface area contributed by atoms with Gasteiger partial charge in [0.15, 0.2) is 0 Å². The smallest absolute Gasteiger partial charge is 0.254 e. The molecule has 1 aliphatic heterocycles. The van der Waals surface area contributed by atoms with Gasteiger partial charge in [0.25, 0.3) is 5.91 Å². The van der Waals surface area contributed by atoms with Crippen molar-refractivity contribution in [1.82, 2.24) is 10.2 Å². The second-order valence-electron chi connectivity index (χ2n) is 4.36. The third kappa shape index (κ3) is 2.09. The number of rotatable bonds is 4. The van der Waals surface area contributed by atoms with Crippen LogP contribution in [0.3, 0.4) is 0 Å². The molecule has 1 heterocycles. The number of nitrogens with zero attached hydrogens (tertiary/aromatic N) is 1. The van der Waals surface area contributed by atoms with Gasteiger partial charge in [-0.05, 0) is 43.6 Å². The molecule has 0 bridgehead atoms. The molecule has 2 rings (SSSR count). The minimum Gasteiger partial charge on any atom is -0.337 e. The topological polar surface area (TPSA) is 32.3 Å². The summed E-state index contributed by atoms with van der Waals surface area (Å²) in [7, 11) is 3.81. The van der Waals surface area contributed by atoms with Crippen molar-refractivity contribution in [3.63, 3.8) is 0 Å². The Morgan fingerprint density at radius 1 is 1.44 bits per heavy atom. The first-order valence-electron chi connectivity index (χ1n) is 5.74. The molecule has 0 spiro atoms. The molecule has 0 radical (unpaired) electrons. The van der Waals surface area contributed by atoms with Gasteiger partial charge in [0.1, 0.15) is 0 Å². The quantitative estimate of drug-likeness (QED) is 0.775. The van der Waals surface area contributed by atoms with Gasteiger partial charge in [-0.25, -0.2) is 0 Å². The first-order chi connectivity index (χ1) is 7.72. The van der Waals surface area contributed by atoms with Crippen molar-refractivity contribution < 1.29 is 4.79 Å². The van der Waals surface area contributed by atoms with Crippen LogP contribution in [0.4, 0.5) is 0 Å². The van der Waals surface area contributed by atoms with Crippen LogP contribution in [0.5, 0.6) is 0 Å². The number of benzene rings is 1. The maximum absolute atomic E-state index is 11.8. The van der Waals surface area contributed by atoms with Crippen molar-refractivity contribution >= 4 is 5.91 Å². The van der Waals surface area contributed by atoms with Crippen LogP contribution in [-0.2, 0) is 13.0 Å². The maximum atomic E-state index is 11.8. The molecule has 16 heavy (non-hydrogen) atoms. The number of nitrogens with one attached hydrogen (secondary N) is 1. The fraction of sp³-hybridized carbons (Fsp3) is 0.462. The van der Waals surface area contributed by atoms with Gasteiger partial charge in [0, 0.05) is 19.2 Å². The van der Waals surface area contributed by atoms with E-state index in [0.717, 1.165) is 37.1 Å². The highest BCUT2D eigenvalue weighted by Crippen LogP contribution is 2.22. The lowest BCUT2D eigenvalue weighted by Gasteiger charge is -2.04. The normalized spacial score (nSPS) is 14.4. The van der Waals surface area contributed by atoms with E-state index < -0.39 is 0 Å². The lowest BCUT2D eigenvalue weighted by Crippen LogP contribution is -2.17. The van der Waals surface area contributed by atoms with Crippen LogP contribution < -0.4 is 5.32 Å². The third-order valence-electron chi connectivity index (χ3n) is 3.05. The molecule has 1 amide bonds. The summed E-state index contributed by atoms with van der Waals surface area (Å²) >= 11 is 0. The lowest BCUT2D eigenvalue weighted by atomic mass is 10.0. The Labute approximate surface area is 96.5 Å². The molecule has 0 aromatic heterocycles. The average Bonchev–Trinajstić information content (AvgIpc) is 2.56. The Kier molecular flexibility index (Phi) is 3.25. The van der Waals surface area contributed by atoms with Gasteiger partial charge in [0.05, 0.1) is 0 Å². The summed E-state index contributed by atoms with van der Waals surface area (Å²) in [6.07, 6.45) is 2.14. The summed E-state index contributed by atoms with van der Waals surface area (Å²) in [5.41, 5.74) is 3.31. The fourth-order valence-electron chi connectivity index (χ4n) is 2.12. The fourth-order valence-corrected chi connectivity index (χ4v) is 2.12. The van der Waals surface area contributed by atoms with Crippen LogP contribution in [0.2, 0.25) is 0 Å². The summed E-state index contributed by atoms with van der Waals surface area (Å²) in [5, 5.41) is 3.13. The first kappa shape index (κ1) is 11.1. The largest absolute Gasteiger partial charge is 0.337 e. The predicted molar refractivity (Wildman–Crippen MR) is 64.5 cm³/mol. The van der Waals surface area contributed by atoms with E-state index in [1.165, 1.54) is 5.56 Å². The summed E-state index contributed by atoms with van der Waals surface area (Å²) < 4.78 is 0. The summed E-state index contributed by atoms with van der Waals surface area (Å²) in [5.74, 6) is 0.158. The van der Waals surface area contributed by atoms with E-state index in [4.69, 9.17) is 0 Å². The summed E-state index contributed by atoms with van der Waals surface area (Å²) in [6, 6.07) is 6.28. The molecule has 1 aromatic carbocycles. The Morgan fingerprint density at radius 3 is 3.00 bits per heavy atom. The van der Waals surface area contributed by atoms with Crippen molar-refractivity contribution in [2.75, 3.05) is 20.6 Å². The molecule has 1 N–H and O–H groups in total. The number of fused-ring (bicyclic) bond motifs is 1. The van der Waals surface area contributed by atoms with Crippen molar-refractivity contribution in [3.8, 4) is 0 Å². The molecule has 0 unspecified atom stereocenters. The molecule has 1 aromatic rings. The second kappa shape index (κ2) is 4.66. The van der Waals surface area contributed by atoms with E-state index in [1.807, 2.05) is 14.1 Å². The Hall–Kier alpha value is -1.35. The molecule has 0 saturated heterocycles. The molecular formula is C13H18N2O. The SMILES string of the molecule is CNCCCc1ccc2c(c1)C(=O)N(C)C2. The van der Waals surface area contributed by atoms with Crippen LogP contribution in [0.15, 0.2) is 18.2 Å². The predicted octanol–water partition coefficient (Wildman–Crippen LogP) is 1.42. The zero-order valence-corrected chi connectivity index (χ0v) is 9.92. The van der Waals surface area contributed by atoms with Gasteiger partial charge in [-0.15, -0.1) is 0 Å². The third-order valence-corrected chi connectivity index (χ3v) is 3.05. The van der Waals surface area contributed by atoms with Crippen molar-refractivity contribution in [2.45, 2.75) is 19.4 Å². The highest BCUT2D eigenvalue weighted by atomic mass is 16.2. The minimum absolute atomic E-state index is 0.158. The average molecular weight is 218 g/mol. The first-order valence-corrected chi connectivity index (χ1v) is 5.74. The van der Waals surface area contributed by atoms with E-state index >= 15 is 0 Å². The summed E-state index contributed by atoms with van der Waals surface area (Å²) in [6.45, 7) is 1.77. The molecule has 0 aliphatic carbocycles. The van der Waals surface area contributed by atoms with Gasteiger partial charge in [-0.3, -0.25) is 4.79 Å². The van der Waals surface area contributed by atoms with Gasteiger partial charge < -0.3 is 10.2 Å². The van der Waals surface area contributed by atoms with Crippen LogP contribution >= 0.6 is 0 Å². The molecule has 0 fully saturated rings. The van der Waals surface area contributed by atoms with Crippen molar-refractivity contribution in [3.05, 3.63) is 34.9 Å². The van der Waals surface area contributed by atoms with Gasteiger partial charge in [0.2, 0.25) is 0 Å². The standard InChI is InChI=1S/C13H18N2O/c1-14-7-3-4-10-5-6-11-9-15(2)13(16)12(11)8-10/h5-6,8,14H,3-4,7,9H2,1-2H3. The maximum Gasteiger partial charge on any atom is 0.254 e. The molecule has 86 valence electrons.